The third-order valence-electron chi connectivity index (χ3n) is 4.11. The molecule has 0 spiro atoms. The van der Waals surface area contributed by atoms with Gasteiger partial charge in [0.2, 0.25) is 9.84 Å². The molecule has 27 heavy (non-hydrogen) atoms. The van der Waals surface area contributed by atoms with Crippen LogP contribution in [0, 0.1) is 0 Å². The number of hydrogen-bond donors (Lipinski definition) is 1. The molecule has 4 rings (SSSR count). The minimum Gasteiger partial charge on any atom is -0.337 e. The largest absolute Gasteiger partial charge is 0.337 e. The molecule has 0 aliphatic rings. The first-order valence-electron chi connectivity index (χ1n) is 8.26. The first-order valence-corrected chi connectivity index (χ1v) is 10.1. The van der Waals surface area contributed by atoms with Crippen LogP contribution < -0.4 is 0 Å². The van der Waals surface area contributed by atoms with Crippen molar-refractivity contribution >= 4 is 43.5 Å². The van der Waals surface area contributed by atoms with Crippen LogP contribution in [0.1, 0.15) is 11.4 Å². The average molecular weight is 395 g/mol. The second-order valence-electron chi connectivity index (χ2n) is 5.98. The van der Waals surface area contributed by atoms with E-state index < -0.39 is 9.84 Å². The van der Waals surface area contributed by atoms with Crippen LogP contribution in [-0.2, 0) is 9.84 Å². The van der Waals surface area contributed by atoms with E-state index in [1.54, 1.807) is 60.7 Å². The van der Waals surface area contributed by atoms with Gasteiger partial charge in [0.1, 0.15) is 10.7 Å². The van der Waals surface area contributed by atoms with Crippen LogP contribution in [0.4, 0.5) is 0 Å². The predicted octanol–water partition coefficient (Wildman–Crippen LogP) is 5.19. The Morgan fingerprint density at radius 3 is 2.41 bits per heavy atom. The lowest BCUT2D eigenvalue weighted by Crippen LogP contribution is -2.05. The smallest absolute Gasteiger partial charge is 0.210 e. The van der Waals surface area contributed by atoms with Crippen molar-refractivity contribution in [3.8, 4) is 0 Å². The Hall–Kier alpha value is -2.89. The van der Waals surface area contributed by atoms with E-state index in [1.165, 1.54) is 0 Å². The monoisotopic (exact) mass is 394 g/mol. The van der Waals surface area contributed by atoms with Crippen LogP contribution >= 0.6 is 11.6 Å². The molecule has 4 aromatic rings. The molecule has 0 unspecified atom stereocenters. The van der Waals surface area contributed by atoms with E-state index in [0.717, 1.165) is 5.52 Å². The van der Waals surface area contributed by atoms with E-state index in [0.29, 0.717) is 21.9 Å². The molecule has 1 N–H and O–H groups in total. The lowest BCUT2D eigenvalue weighted by Gasteiger charge is -2.08. The first kappa shape index (κ1) is 17.5. The summed E-state index contributed by atoms with van der Waals surface area (Å²) >= 11 is 6.07. The van der Waals surface area contributed by atoms with Crippen molar-refractivity contribution in [3.05, 3.63) is 95.3 Å². The van der Waals surface area contributed by atoms with Crippen molar-refractivity contribution < 1.29 is 8.42 Å². The number of nitrogens with one attached hydrogen (secondary N) is 1. The number of H-pyrrole nitrogens is 1. The quantitative estimate of drug-likeness (QED) is 0.518. The SMILES string of the molecule is O=S(=O)(C(=Cc1cccc(Cl)c1)c1nc2ccccc2[nH]1)c1ccccc1. The maximum atomic E-state index is 13.3. The molecule has 0 atom stereocenters. The number of aromatic amines is 1. The van der Waals surface area contributed by atoms with Crippen LogP contribution in [0.15, 0.2) is 83.8 Å². The second kappa shape index (κ2) is 7.02. The van der Waals surface area contributed by atoms with Crippen molar-refractivity contribution in [2.24, 2.45) is 0 Å². The summed E-state index contributed by atoms with van der Waals surface area (Å²) in [5.41, 5.74) is 2.15. The van der Waals surface area contributed by atoms with E-state index in [4.69, 9.17) is 11.6 Å². The van der Waals surface area contributed by atoms with Gasteiger partial charge in [-0.15, -0.1) is 0 Å². The molecule has 3 aromatic carbocycles. The average Bonchev–Trinajstić information content (AvgIpc) is 3.10. The van der Waals surface area contributed by atoms with Crippen LogP contribution in [0.3, 0.4) is 0 Å². The molecule has 0 amide bonds. The number of fused-ring (bicyclic) bond motifs is 1. The molecule has 6 heteroatoms. The highest BCUT2D eigenvalue weighted by atomic mass is 35.5. The van der Waals surface area contributed by atoms with Crippen molar-refractivity contribution in [3.63, 3.8) is 0 Å². The molecular weight excluding hydrogens is 380 g/mol. The Morgan fingerprint density at radius 2 is 1.67 bits per heavy atom. The van der Waals surface area contributed by atoms with Gasteiger partial charge >= 0.3 is 0 Å². The summed E-state index contributed by atoms with van der Waals surface area (Å²) in [6.07, 6.45) is 1.59. The number of imidazole rings is 1. The van der Waals surface area contributed by atoms with Gasteiger partial charge in [-0.25, -0.2) is 13.4 Å². The molecule has 0 aliphatic heterocycles. The number of rotatable bonds is 4. The summed E-state index contributed by atoms with van der Waals surface area (Å²) in [7, 11) is -3.79. The molecule has 0 radical (unpaired) electrons. The standard InChI is InChI=1S/C21H15ClN2O2S/c22-16-8-6-7-15(13-16)14-20(27(25,26)17-9-2-1-3-10-17)21-23-18-11-4-5-12-19(18)24-21/h1-14H,(H,23,24). The van der Waals surface area contributed by atoms with E-state index in [-0.39, 0.29) is 9.80 Å². The van der Waals surface area contributed by atoms with Crippen LogP contribution in [-0.4, -0.2) is 18.4 Å². The molecule has 4 nitrogen and oxygen atoms in total. The van der Waals surface area contributed by atoms with E-state index in [2.05, 4.69) is 9.97 Å². The van der Waals surface area contributed by atoms with E-state index in [9.17, 15) is 8.42 Å². The Labute approximate surface area is 162 Å². The lowest BCUT2D eigenvalue weighted by atomic mass is 10.2. The number of benzene rings is 3. The molecular formula is C21H15ClN2O2S. The van der Waals surface area contributed by atoms with Gasteiger partial charge in [-0.05, 0) is 48.0 Å². The molecule has 0 aliphatic carbocycles. The van der Waals surface area contributed by atoms with E-state index in [1.807, 2.05) is 24.3 Å². The molecule has 1 aromatic heterocycles. The summed E-state index contributed by atoms with van der Waals surface area (Å²) in [6, 6.07) is 22.8. The zero-order valence-electron chi connectivity index (χ0n) is 14.1. The number of aromatic nitrogens is 2. The molecule has 0 fully saturated rings. The van der Waals surface area contributed by atoms with Crippen LogP contribution in [0.5, 0.6) is 0 Å². The summed E-state index contributed by atoms with van der Waals surface area (Å²) in [5, 5.41) is 0.532. The summed E-state index contributed by atoms with van der Waals surface area (Å²) in [4.78, 5) is 7.90. The normalized spacial score (nSPS) is 12.4. The number of halogens is 1. The van der Waals surface area contributed by atoms with Gasteiger partial charge in [0.25, 0.3) is 0 Å². The highest BCUT2D eigenvalue weighted by Gasteiger charge is 2.25. The van der Waals surface area contributed by atoms with Gasteiger partial charge in [0.05, 0.1) is 15.9 Å². The minimum absolute atomic E-state index is 0.0900. The minimum atomic E-state index is -3.79. The second-order valence-corrected chi connectivity index (χ2v) is 8.34. The maximum Gasteiger partial charge on any atom is 0.210 e. The molecule has 0 saturated heterocycles. The Balaban J connectivity index is 1.95. The highest BCUT2D eigenvalue weighted by Crippen LogP contribution is 2.30. The fraction of sp³-hybridized carbons (Fsp3) is 0. The third kappa shape index (κ3) is 3.52. The van der Waals surface area contributed by atoms with E-state index >= 15 is 0 Å². The lowest BCUT2D eigenvalue weighted by molar-refractivity contribution is 0.606. The number of para-hydroxylation sites is 2. The third-order valence-corrected chi connectivity index (χ3v) is 6.13. The van der Waals surface area contributed by atoms with Gasteiger partial charge in [-0.2, -0.15) is 0 Å². The number of sulfone groups is 1. The highest BCUT2D eigenvalue weighted by molar-refractivity contribution is 8.00. The molecule has 1 heterocycles. The Bertz CT molecular complexity index is 1210. The van der Waals surface area contributed by atoms with Gasteiger partial charge in [-0.1, -0.05) is 54.1 Å². The van der Waals surface area contributed by atoms with Gasteiger partial charge in [-0.3, -0.25) is 0 Å². The number of nitrogens with zero attached hydrogens (tertiary/aromatic N) is 1. The zero-order chi connectivity index (χ0) is 18.9. The molecule has 0 bridgehead atoms. The summed E-state index contributed by atoms with van der Waals surface area (Å²) < 4.78 is 26.7. The topological polar surface area (TPSA) is 62.8 Å². The van der Waals surface area contributed by atoms with Crippen molar-refractivity contribution in [1.29, 1.82) is 0 Å². The number of hydrogen-bond acceptors (Lipinski definition) is 3. The fourth-order valence-corrected chi connectivity index (χ4v) is 4.43. The first-order chi connectivity index (χ1) is 13.0. The van der Waals surface area contributed by atoms with Gasteiger partial charge in [0.15, 0.2) is 0 Å². The molecule has 0 saturated carbocycles. The van der Waals surface area contributed by atoms with Crippen LogP contribution in [0.25, 0.3) is 22.0 Å². The van der Waals surface area contributed by atoms with Crippen molar-refractivity contribution in [2.75, 3.05) is 0 Å². The Morgan fingerprint density at radius 1 is 0.926 bits per heavy atom. The molecule has 134 valence electrons. The predicted molar refractivity (Wildman–Crippen MR) is 109 cm³/mol. The maximum absolute atomic E-state index is 13.3. The van der Waals surface area contributed by atoms with Crippen LogP contribution in [0.2, 0.25) is 5.02 Å². The van der Waals surface area contributed by atoms with Gasteiger partial charge in [0, 0.05) is 5.02 Å². The zero-order valence-corrected chi connectivity index (χ0v) is 15.7. The Kier molecular flexibility index (Phi) is 4.56. The summed E-state index contributed by atoms with van der Waals surface area (Å²) in [5.74, 6) is 0.292. The fourth-order valence-electron chi connectivity index (χ4n) is 2.82. The van der Waals surface area contributed by atoms with Crippen molar-refractivity contribution in [2.45, 2.75) is 4.90 Å². The van der Waals surface area contributed by atoms with Crippen molar-refractivity contribution in [1.82, 2.24) is 9.97 Å². The van der Waals surface area contributed by atoms with Gasteiger partial charge < -0.3 is 4.98 Å². The summed E-state index contributed by atoms with van der Waals surface area (Å²) in [6.45, 7) is 0.